The standard InChI is InChI=1S/C14H18N2O4/c1-19-13(17)9-20-11-6-4-10(5-7-11)16-14(18)12-3-2-8-15-12/h4-7,12,15H,2-3,8-9H2,1H3,(H,16,18)/t12-/m1/s1. The number of carbonyl (C=O) groups excluding carboxylic acids is 2. The first-order valence-electron chi connectivity index (χ1n) is 6.53. The smallest absolute Gasteiger partial charge is 0.343 e. The van der Waals surface area contributed by atoms with Gasteiger partial charge in [-0.1, -0.05) is 0 Å². The third kappa shape index (κ3) is 3.96. The fourth-order valence-electron chi connectivity index (χ4n) is 1.97. The zero-order chi connectivity index (χ0) is 14.4. The Morgan fingerprint density at radius 1 is 1.35 bits per heavy atom. The predicted octanol–water partition coefficient (Wildman–Crippen LogP) is 0.929. The molecular weight excluding hydrogens is 260 g/mol. The molecule has 0 unspecified atom stereocenters. The fourth-order valence-corrected chi connectivity index (χ4v) is 1.97. The Balaban J connectivity index is 1.84. The number of methoxy groups -OCH3 is 1. The van der Waals surface area contributed by atoms with E-state index in [0.717, 1.165) is 19.4 Å². The fraction of sp³-hybridized carbons (Fsp3) is 0.429. The Labute approximate surface area is 117 Å². The summed E-state index contributed by atoms with van der Waals surface area (Å²) in [6.07, 6.45) is 1.89. The molecule has 0 bridgehead atoms. The molecule has 2 rings (SSSR count). The van der Waals surface area contributed by atoms with Crippen LogP contribution >= 0.6 is 0 Å². The van der Waals surface area contributed by atoms with Gasteiger partial charge >= 0.3 is 5.97 Å². The van der Waals surface area contributed by atoms with Crippen molar-refractivity contribution in [3.8, 4) is 5.75 Å². The molecule has 0 radical (unpaired) electrons. The van der Waals surface area contributed by atoms with Crippen molar-refractivity contribution in [3.63, 3.8) is 0 Å². The quantitative estimate of drug-likeness (QED) is 0.784. The number of rotatable bonds is 5. The van der Waals surface area contributed by atoms with Crippen molar-refractivity contribution in [2.45, 2.75) is 18.9 Å². The van der Waals surface area contributed by atoms with E-state index in [1.165, 1.54) is 7.11 Å². The van der Waals surface area contributed by atoms with Gasteiger partial charge in [-0.25, -0.2) is 4.79 Å². The van der Waals surface area contributed by atoms with Crippen LogP contribution in [-0.2, 0) is 14.3 Å². The maximum atomic E-state index is 11.9. The van der Waals surface area contributed by atoms with Crippen molar-refractivity contribution in [3.05, 3.63) is 24.3 Å². The first kappa shape index (κ1) is 14.3. The molecule has 1 heterocycles. The average molecular weight is 278 g/mol. The van der Waals surface area contributed by atoms with Crippen LogP contribution in [0.5, 0.6) is 5.75 Å². The van der Waals surface area contributed by atoms with Crippen molar-refractivity contribution < 1.29 is 19.1 Å². The van der Waals surface area contributed by atoms with Gasteiger partial charge in [0, 0.05) is 5.69 Å². The summed E-state index contributed by atoms with van der Waals surface area (Å²) in [4.78, 5) is 22.8. The maximum absolute atomic E-state index is 11.9. The van der Waals surface area contributed by atoms with Gasteiger partial charge in [-0.05, 0) is 43.7 Å². The highest BCUT2D eigenvalue weighted by molar-refractivity contribution is 5.95. The molecule has 1 saturated heterocycles. The van der Waals surface area contributed by atoms with E-state index >= 15 is 0 Å². The molecule has 6 nitrogen and oxygen atoms in total. The van der Waals surface area contributed by atoms with E-state index in [4.69, 9.17) is 4.74 Å². The molecule has 0 aromatic heterocycles. The summed E-state index contributed by atoms with van der Waals surface area (Å²) in [5.41, 5.74) is 0.703. The number of carbonyl (C=O) groups is 2. The highest BCUT2D eigenvalue weighted by Gasteiger charge is 2.21. The lowest BCUT2D eigenvalue weighted by atomic mass is 10.2. The summed E-state index contributed by atoms with van der Waals surface area (Å²) in [5.74, 6) is 0.0906. The van der Waals surface area contributed by atoms with Crippen LogP contribution in [0.2, 0.25) is 0 Å². The van der Waals surface area contributed by atoms with Crippen LogP contribution in [0.3, 0.4) is 0 Å². The normalized spacial score (nSPS) is 17.6. The lowest BCUT2D eigenvalue weighted by molar-refractivity contribution is -0.142. The summed E-state index contributed by atoms with van der Waals surface area (Å²) >= 11 is 0. The van der Waals surface area contributed by atoms with E-state index in [0.29, 0.717) is 11.4 Å². The van der Waals surface area contributed by atoms with E-state index in [-0.39, 0.29) is 18.6 Å². The summed E-state index contributed by atoms with van der Waals surface area (Å²) in [6, 6.07) is 6.76. The number of hydrogen-bond donors (Lipinski definition) is 2. The molecule has 1 amide bonds. The number of anilines is 1. The molecule has 1 aromatic rings. The second-order valence-corrected chi connectivity index (χ2v) is 4.53. The van der Waals surface area contributed by atoms with E-state index in [9.17, 15) is 9.59 Å². The molecule has 1 aromatic carbocycles. The second-order valence-electron chi connectivity index (χ2n) is 4.53. The van der Waals surface area contributed by atoms with Crippen LogP contribution in [0.15, 0.2) is 24.3 Å². The molecule has 108 valence electrons. The SMILES string of the molecule is COC(=O)COc1ccc(NC(=O)[C@H]2CCCN2)cc1. The van der Waals surface area contributed by atoms with Crippen LogP contribution in [-0.4, -0.2) is 38.2 Å². The minimum absolute atomic E-state index is 0.0225. The summed E-state index contributed by atoms with van der Waals surface area (Å²) in [6.45, 7) is 0.757. The molecule has 1 atom stereocenters. The number of ether oxygens (including phenoxy) is 2. The van der Waals surface area contributed by atoms with Crippen LogP contribution in [0.4, 0.5) is 5.69 Å². The van der Waals surface area contributed by atoms with Crippen molar-refractivity contribution in [2.75, 3.05) is 25.6 Å². The monoisotopic (exact) mass is 278 g/mol. The molecule has 0 saturated carbocycles. The van der Waals surface area contributed by atoms with Gasteiger partial charge in [-0.3, -0.25) is 4.79 Å². The van der Waals surface area contributed by atoms with Crippen molar-refractivity contribution in [2.24, 2.45) is 0 Å². The van der Waals surface area contributed by atoms with Crippen molar-refractivity contribution in [1.82, 2.24) is 5.32 Å². The predicted molar refractivity (Wildman–Crippen MR) is 73.6 cm³/mol. The first-order chi connectivity index (χ1) is 9.69. The van der Waals surface area contributed by atoms with Gasteiger partial charge in [0.25, 0.3) is 0 Å². The summed E-state index contributed by atoms with van der Waals surface area (Å²) < 4.78 is 9.70. The summed E-state index contributed by atoms with van der Waals surface area (Å²) in [5, 5.41) is 5.98. The lowest BCUT2D eigenvalue weighted by Gasteiger charge is -2.11. The minimum atomic E-state index is -0.435. The van der Waals surface area contributed by atoms with Crippen molar-refractivity contribution in [1.29, 1.82) is 0 Å². The Hall–Kier alpha value is -2.08. The van der Waals surface area contributed by atoms with E-state index in [1.807, 2.05) is 0 Å². The molecular formula is C14H18N2O4. The Morgan fingerprint density at radius 2 is 2.10 bits per heavy atom. The largest absolute Gasteiger partial charge is 0.482 e. The minimum Gasteiger partial charge on any atom is -0.482 e. The van der Waals surface area contributed by atoms with Gasteiger partial charge in [0.2, 0.25) is 5.91 Å². The number of nitrogens with one attached hydrogen (secondary N) is 2. The third-order valence-electron chi connectivity index (χ3n) is 3.08. The highest BCUT2D eigenvalue weighted by atomic mass is 16.6. The molecule has 1 aliphatic heterocycles. The molecule has 1 fully saturated rings. The Morgan fingerprint density at radius 3 is 2.70 bits per heavy atom. The molecule has 2 N–H and O–H groups in total. The lowest BCUT2D eigenvalue weighted by Crippen LogP contribution is -2.35. The van der Waals surface area contributed by atoms with Gasteiger partial charge < -0.3 is 20.1 Å². The maximum Gasteiger partial charge on any atom is 0.343 e. The van der Waals surface area contributed by atoms with Crippen LogP contribution < -0.4 is 15.4 Å². The van der Waals surface area contributed by atoms with Crippen LogP contribution in [0.25, 0.3) is 0 Å². The topological polar surface area (TPSA) is 76.7 Å². The molecule has 6 heteroatoms. The van der Waals surface area contributed by atoms with E-state index in [2.05, 4.69) is 15.4 Å². The van der Waals surface area contributed by atoms with E-state index < -0.39 is 5.97 Å². The second kappa shape index (κ2) is 6.91. The number of hydrogen-bond acceptors (Lipinski definition) is 5. The van der Waals surface area contributed by atoms with Gasteiger partial charge in [0.05, 0.1) is 13.2 Å². The Bertz CT molecular complexity index is 467. The Kier molecular flexibility index (Phi) is 4.95. The molecule has 20 heavy (non-hydrogen) atoms. The summed E-state index contributed by atoms with van der Waals surface area (Å²) in [7, 11) is 1.31. The third-order valence-corrected chi connectivity index (χ3v) is 3.08. The van der Waals surface area contributed by atoms with E-state index in [1.54, 1.807) is 24.3 Å². The highest BCUT2D eigenvalue weighted by Crippen LogP contribution is 2.16. The van der Waals surface area contributed by atoms with Gasteiger partial charge in [0.15, 0.2) is 6.61 Å². The van der Waals surface area contributed by atoms with Gasteiger partial charge in [0.1, 0.15) is 5.75 Å². The molecule has 0 spiro atoms. The molecule has 1 aliphatic rings. The van der Waals surface area contributed by atoms with Gasteiger partial charge in [-0.2, -0.15) is 0 Å². The van der Waals surface area contributed by atoms with Gasteiger partial charge in [-0.15, -0.1) is 0 Å². The average Bonchev–Trinajstić information content (AvgIpc) is 3.00. The number of amides is 1. The number of esters is 1. The zero-order valence-electron chi connectivity index (χ0n) is 11.3. The first-order valence-corrected chi connectivity index (χ1v) is 6.53. The molecule has 0 aliphatic carbocycles. The van der Waals surface area contributed by atoms with Crippen LogP contribution in [0.1, 0.15) is 12.8 Å². The van der Waals surface area contributed by atoms with Crippen LogP contribution in [0, 0.1) is 0 Å². The number of benzene rings is 1. The zero-order valence-corrected chi connectivity index (χ0v) is 11.3. The van der Waals surface area contributed by atoms with Crippen molar-refractivity contribution >= 4 is 17.6 Å².